The summed E-state index contributed by atoms with van der Waals surface area (Å²) in [4.78, 5) is 27.8. The van der Waals surface area contributed by atoms with Crippen molar-refractivity contribution in [2.75, 3.05) is 13.7 Å². The highest BCUT2D eigenvalue weighted by molar-refractivity contribution is 6.33. The third kappa shape index (κ3) is 4.29. The van der Waals surface area contributed by atoms with Crippen LogP contribution < -0.4 is 5.32 Å². The molecule has 120 valence electrons. The average Bonchev–Trinajstić information content (AvgIpc) is 2.59. The Morgan fingerprint density at radius 3 is 2.65 bits per heavy atom. The maximum Gasteiger partial charge on any atom is 0.310 e. The minimum atomic E-state index is -0.421. The van der Waals surface area contributed by atoms with Crippen LogP contribution in [0.1, 0.15) is 17.4 Å². The van der Waals surface area contributed by atoms with Crippen LogP contribution in [0.2, 0.25) is 5.02 Å². The van der Waals surface area contributed by atoms with E-state index in [1.165, 1.54) is 7.11 Å². The molecule has 0 spiro atoms. The summed E-state index contributed by atoms with van der Waals surface area (Å²) in [5.41, 5.74) is 1.63. The zero-order valence-electron chi connectivity index (χ0n) is 12.9. The Balaban J connectivity index is 2.12. The zero-order chi connectivity index (χ0) is 16.8. The second-order valence-electron chi connectivity index (χ2n) is 5.02. The molecule has 23 heavy (non-hydrogen) atoms. The van der Waals surface area contributed by atoms with Crippen molar-refractivity contribution in [2.45, 2.75) is 6.92 Å². The number of benzene rings is 1. The maximum absolute atomic E-state index is 12.2. The van der Waals surface area contributed by atoms with Crippen molar-refractivity contribution in [1.82, 2.24) is 10.3 Å². The number of ether oxygens (including phenoxy) is 1. The van der Waals surface area contributed by atoms with E-state index >= 15 is 0 Å². The SMILES string of the molecule is COC(=O)C(C)CNC(=O)c1cccc(-c2ccccc2Cl)n1. The maximum atomic E-state index is 12.2. The molecule has 0 fully saturated rings. The van der Waals surface area contributed by atoms with Gasteiger partial charge < -0.3 is 10.1 Å². The first-order chi connectivity index (χ1) is 11.0. The highest BCUT2D eigenvalue weighted by Crippen LogP contribution is 2.25. The largest absolute Gasteiger partial charge is 0.469 e. The smallest absolute Gasteiger partial charge is 0.310 e. The Morgan fingerprint density at radius 2 is 1.96 bits per heavy atom. The number of esters is 1. The van der Waals surface area contributed by atoms with Crippen molar-refractivity contribution >= 4 is 23.5 Å². The van der Waals surface area contributed by atoms with Crippen LogP contribution >= 0.6 is 11.6 Å². The molecule has 0 aliphatic carbocycles. The van der Waals surface area contributed by atoms with Gasteiger partial charge in [-0.2, -0.15) is 0 Å². The average molecular weight is 333 g/mol. The van der Waals surface area contributed by atoms with Crippen LogP contribution in [-0.4, -0.2) is 30.5 Å². The molecule has 5 nitrogen and oxygen atoms in total. The van der Waals surface area contributed by atoms with Gasteiger partial charge in [-0.15, -0.1) is 0 Å². The summed E-state index contributed by atoms with van der Waals surface area (Å²) in [6.07, 6.45) is 0. The van der Waals surface area contributed by atoms with Crippen molar-refractivity contribution in [3.8, 4) is 11.3 Å². The predicted octanol–water partition coefficient (Wildman–Crippen LogP) is 2.94. The lowest BCUT2D eigenvalue weighted by Crippen LogP contribution is -2.32. The fraction of sp³-hybridized carbons (Fsp3) is 0.235. The molecule has 0 radical (unpaired) electrons. The van der Waals surface area contributed by atoms with Crippen LogP contribution in [0.15, 0.2) is 42.5 Å². The quantitative estimate of drug-likeness (QED) is 0.855. The summed E-state index contributed by atoms with van der Waals surface area (Å²) in [5, 5.41) is 3.24. The number of aromatic nitrogens is 1. The molecule has 0 bridgehead atoms. The van der Waals surface area contributed by atoms with E-state index in [0.717, 1.165) is 5.56 Å². The molecule has 6 heteroatoms. The number of halogens is 1. The number of hydrogen-bond acceptors (Lipinski definition) is 4. The Hall–Kier alpha value is -2.40. The number of hydrogen-bond donors (Lipinski definition) is 1. The van der Waals surface area contributed by atoms with Gasteiger partial charge in [-0.3, -0.25) is 9.59 Å². The van der Waals surface area contributed by atoms with E-state index < -0.39 is 5.92 Å². The lowest BCUT2D eigenvalue weighted by Gasteiger charge is -2.11. The number of amides is 1. The number of carbonyl (C=O) groups is 2. The van der Waals surface area contributed by atoms with Gasteiger partial charge in [0.15, 0.2) is 0 Å². The van der Waals surface area contributed by atoms with E-state index in [1.807, 2.05) is 18.2 Å². The van der Waals surface area contributed by atoms with Crippen LogP contribution in [-0.2, 0) is 9.53 Å². The molecule has 0 saturated heterocycles. The third-order valence-corrected chi connectivity index (χ3v) is 3.63. The molecule has 1 atom stereocenters. The molecular weight excluding hydrogens is 316 g/mol. The number of nitrogens with one attached hydrogen (secondary N) is 1. The van der Waals surface area contributed by atoms with E-state index in [1.54, 1.807) is 31.2 Å². The third-order valence-electron chi connectivity index (χ3n) is 3.30. The molecule has 1 amide bonds. The normalized spacial score (nSPS) is 11.6. The van der Waals surface area contributed by atoms with Crippen LogP contribution in [0.5, 0.6) is 0 Å². The molecule has 2 rings (SSSR count). The van der Waals surface area contributed by atoms with E-state index in [-0.39, 0.29) is 24.1 Å². The summed E-state index contributed by atoms with van der Waals surface area (Å²) in [6.45, 7) is 1.86. The highest BCUT2D eigenvalue weighted by atomic mass is 35.5. The highest BCUT2D eigenvalue weighted by Gasteiger charge is 2.16. The van der Waals surface area contributed by atoms with Crippen LogP contribution in [0, 0.1) is 5.92 Å². The number of methoxy groups -OCH3 is 1. The second kappa shape index (κ2) is 7.74. The topological polar surface area (TPSA) is 68.3 Å². The minimum Gasteiger partial charge on any atom is -0.469 e. The summed E-state index contributed by atoms with van der Waals surface area (Å²) in [5.74, 6) is -1.14. The van der Waals surface area contributed by atoms with Crippen molar-refractivity contribution in [3.05, 3.63) is 53.2 Å². The molecule has 2 aromatic rings. The number of pyridine rings is 1. The fourth-order valence-electron chi connectivity index (χ4n) is 2.00. The van der Waals surface area contributed by atoms with E-state index in [4.69, 9.17) is 11.6 Å². The molecule has 1 N–H and O–H groups in total. The lowest BCUT2D eigenvalue weighted by molar-refractivity contribution is -0.144. The van der Waals surface area contributed by atoms with Gasteiger partial charge in [0.2, 0.25) is 0 Å². The monoisotopic (exact) mass is 332 g/mol. The second-order valence-corrected chi connectivity index (χ2v) is 5.43. The molecule has 0 aliphatic heterocycles. The van der Waals surface area contributed by atoms with Crippen LogP contribution in [0.25, 0.3) is 11.3 Å². The van der Waals surface area contributed by atoms with E-state index in [0.29, 0.717) is 10.7 Å². The predicted molar refractivity (Wildman–Crippen MR) is 88.2 cm³/mol. The fourth-order valence-corrected chi connectivity index (χ4v) is 2.23. The van der Waals surface area contributed by atoms with Gasteiger partial charge in [-0.25, -0.2) is 4.98 Å². The summed E-state index contributed by atoms with van der Waals surface area (Å²) >= 11 is 6.15. The van der Waals surface area contributed by atoms with E-state index in [2.05, 4.69) is 15.0 Å². The summed E-state index contributed by atoms with van der Waals surface area (Å²) < 4.78 is 4.62. The Morgan fingerprint density at radius 1 is 1.22 bits per heavy atom. The molecular formula is C17H17ClN2O3. The summed E-state index contributed by atoms with van der Waals surface area (Å²) in [7, 11) is 1.31. The zero-order valence-corrected chi connectivity index (χ0v) is 13.6. The van der Waals surface area contributed by atoms with Gasteiger partial charge in [-0.1, -0.05) is 42.8 Å². The molecule has 1 unspecified atom stereocenters. The first kappa shape index (κ1) is 17.0. The molecule has 0 saturated carbocycles. The summed E-state index contributed by atoms with van der Waals surface area (Å²) in [6, 6.07) is 12.4. The van der Waals surface area contributed by atoms with Gasteiger partial charge in [0.25, 0.3) is 5.91 Å². The van der Waals surface area contributed by atoms with Crippen LogP contribution in [0.3, 0.4) is 0 Å². The van der Waals surface area contributed by atoms with Crippen molar-refractivity contribution in [3.63, 3.8) is 0 Å². The van der Waals surface area contributed by atoms with Gasteiger partial charge in [-0.05, 0) is 18.2 Å². The standard InChI is InChI=1S/C17H17ClN2O3/c1-11(17(22)23-2)10-19-16(21)15-9-5-8-14(20-15)12-6-3-4-7-13(12)18/h3-9,11H,10H2,1-2H3,(H,19,21). The Bertz CT molecular complexity index is 718. The number of rotatable bonds is 5. The number of nitrogens with zero attached hydrogens (tertiary/aromatic N) is 1. The molecule has 1 heterocycles. The minimum absolute atomic E-state index is 0.184. The molecule has 0 aliphatic rings. The van der Waals surface area contributed by atoms with Crippen molar-refractivity contribution in [2.24, 2.45) is 5.92 Å². The Kier molecular flexibility index (Phi) is 5.71. The number of carbonyl (C=O) groups excluding carboxylic acids is 2. The van der Waals surface area contributed by atoms with E-state index in [9.17, 15) is 9.59 Å². The van der Waals surface area contributed by atoms with Gasteiger partial charge in [0.05, 0.1) is 18.7 Å². The molecule has 1 aromatic heterocycles. The van der Waals surface area contributed by atoms with Crippen LogP contribution in [0.4, 0.5) is 0 Å². The van der Waals surface area contributed by atoms with Gasteiger partial charge in [0.1, 0.15) is 5.69 Å². The van der Waals surface area contributed by atoms with Gasteiger partial charge >= 0.3 is 5.97 Å². The first-order valence-electron chi connectivity index (χ1n) is 7.11. The van der Waals surface area contributed by atoms with Gasteiger partial charge in [0, 0.05) is 17.1 Å². The lowest BCUT2D eigenvalue weighted by atomic mass is 10.1. The van der Waals surface area contributed by atoms with Crippen molar-refractivity contribution in [1.29, 1.82) is 0 Å². The Labute approximate surface area is 139 Å². The molecule has 1 aromatic carbocycles. The first-order valence-corrected chi connectivity index (χ1v) is 7.48. The van der Waals surface area contributed by atoms with Crippen molar-refractivity contribution < 1.29 is 14.3 Å².